The summed E-state index contributed by atoms with van der Waals surface area (Å²) in [7, 11) is 0. The largest absolute Gasteiger partial charge is 0.314 e. The van der Waals surface area contributed by atoms with E-state index in [1.165, 1.54) is 0 Å². The van der Waals surface area contributed by atoms with Crippen molar-refractivity contribution >= 4 is 17.9 Å². The highest BCUT2D eigenvalue weighted by molar-refractivity contribution is 6.30. The molecule has 0 spiro atoms. The van der Waals surface area contributed by atoms with Crippen LogP contribution in [-0.4, -0.2) is 10.9 Å². The third kappa shape index (κ3) is 1.81. The van der Waals surface area contributed by atoms with Gasteiger partial charge in [-0.3, -0.25) is 4.79 Å². The van der Waals surface area contributed by atoms with Crippen molar-refractivity contribution in [2.75, 3.05) is 0 Å². The summed E-state index contributed by atoms with van der Waals surface area (Å²) in [6.45, 7) is 1.97. The van der Waals surface area contributed by atoms with E-state index >= 15 is 0 Å². The highest BCUT2D eigenvalue weighted by Crippen LogP contribution is 2.20. The van der Waals surface area contributed by atoms with Gasteiger partial charge < -0.3 is 4.57 Å². The maximum absolute atomic E-state index is 10.8. The van der Waals surface area contributed by atoms with E-state index in [-0.39, 0.29) is 0 Å². The highest BCUT2D eigenvalue weighted by atomic mass is 35.5. The van der Waals surface area contributed by atoms with Crippen molar-refractivity contribution in [2.45, 2.75) is 6.92 Å². The molecule has 3 heteroatoms. The number of nitrogens with zero attached hydrogens (tertiary/aromatic N) is 1. The van der Waals surface area contributed by atoms with E-state index in [1.807, 2.05) is 42.0 Å². The van der Waals surface area contributed by atoms with Gasteiger partial charge in [0.25, 0.3) is 0 Å². The van der Waals surface area contributed by atoms with E-state index < -0.39 is 0 Å². The minimum atomic E-state index is 0.639. The van der Waals surface area contributed by atoms with E-state index in [9.17, 15) is 4.79 Å². The maximum Gasteiger partial charge on any atom is 0.166 e. The molecule has 0 aliphatic rings. The Labute approximate surface area is 93.1 Å². The molecule has 0 bridgehead atoms. The fraction of sp³-hybridized carbons (Fsp3) is 0.0833. The summed E-state index contributed by atoms with van der Waals surface area (Å²) >= 11 is 5.87. The van der Waals surface area contributed by atoms with Gasteiger partial charge >= 0.3 is 0 Å². The Hall–Kier alpha value is -1.54. The first kappa shape index (κ1) is 9.99. The Morgan fingerprint density at radius 2 is 2.13 bits per heavy atom. The summed E-state index contributed by atoms with van der Waals surface area (Å²) in [4.78, 5) is 10.8. The van der Waals surface area contributed by atoms with Crippen molar-refractivity contribution in [1.29, 1.82) is 0 Å². The molecule has 0 fully saturated rings. The van der Waals surface area contributed by atoms with Crippen LogP contribution in [0.5, 0.6) is 0 Å². The molecular formula is C12H10ClNO. The van der Waals surface area contributed by atoms with Crippen LogP contribution in [0.15, 0.2) is 36.5 Å². The molecule has 2 nitrogen and oxygen atoms in total. The summed E-state index contributed by atoms with van der Waals surface area (Å²) < 4.78 is 1.85. The molecule has 0 saturated heterocycles. The van der Waals surface area contributed by atoms with Gasteiger partial charge in [0.2, 0.25) is 0 Å². The third-order valence-electron chi connectivity index (χ3n) is 2.32. The first-order chi connectivity index (χ1) is 7.22. The summed E-state index contributed by atoms with van der Waals surface area (Å²) in [5.41, 5.74) is 2.66. The van der Waals surface area contributed by atoms with Gasteiger partial charge in [0.05, 0.1) is 5.69 Å². The van der Waals surface area contributed by atoms with Crippen molar-refractivity contribution in [3.05, 3.63) is 52.8 Å². The normalized spacial score (nSPS) is 10.3. The molecule has 0 aliphatic heterocycles. The summed E-state index contributed by atoms with van der Waals surface area (Å²) in [6, 6.07) is 9.23. The van der Waals surface area contributed by atoms with Crippen LogP contribution >= 0.6 is 11.6 Å². The number of rotatable bonds is 2. The lowest BCUT2D eigenvalue weighted by molar-refractivity contribution is 0.111. The quantitative estimate of drug-likeness (QED) is 0.711. The number of aromatic nitrogens is 1. The highest BCUT2D eigenvalue weighted by Gasteiger charge is 2.04. The minimum absolute atomic E-state index is 0.639. The minimum Gasteiger partial charge on any atom is -0.314 e. The van der Waals surface area contributed by atoms with Crippen molar-refractivity contribution in [3.63, 3.8) is 0 Å². The van der Waals surface area contributed by atoms with Gasteiger partial charge in [-0.05, 0) is 42.8 Å². The number of benzene rings is 1. The van der Waals surface area contributed by atoms with Gasteiger partial charge in [0.1, 0.15) is 0 Å². The Morgan fingerprint density at radius 3 is 2.80 bits per heavy atom. The molecule has 1 aromatic heterocycles. The SMILES string of the molecule is Cc1cc(Cl)ccc1-n1cccc1C=O. The van der Waals surface area contributed by atoms with Gasteiger partial charge in [0, 0.05) is 16.9 Å². The lowest BCUT2D eigenvalue weighted by atomic mass is 10.2. The van der Waals surface area contributed by atoms with Crippen LogP contribution in [0.3, 0.4) is 0 Å². The molecule has 76 valence electrons. The van der Waals surface area contributed by atoms with Gasteiger partial charge in [-0.25, -0.2) is 0 Å². The Balaban J connectivity index is 2.59. The third-order valence-corrected chi connectivity index (χ3v) is 2.55. The van der Waals surface area contributed by atoms with Crippen molar-refractivity contribution in [3.8, 4) is 5.69 Å². The second kappa shape index (κ2) is 3.91. The van der Waals surface area contributed by atoms with Crippen LogP contribution in [0, 0.1) is 6.92 Å². The van der Waals surface area contributed by atoms with E-state index in [0.29, 0.717) is 10.7 Å². The van der Waals surface area contributed by atoms with E-state index in [0.717, 1.165) is 17.5 Å². The summed E-state index contributed by atoms with van der Waals surface area (Å²) in [6.07, 6.45) is 2.70. The average molecular weight is 220 g/mol. The molecule has 0 atom stereocenters. The van der Waals surface area contributed by atoms with Crippen LogP contribution in [0.2, 0.25) is 5.02 Å². The molecule has 1 heterocycles. The molecule has 1 aromatic carbocycles. The molecular weight excluding hydrogens is 210 g/mol. The number of hydrogen-bond acceptors (Lipinski definition) is 1. The molecule has 0 N–H and O–H groups in total. The fourth-order valence-corrected chi connectivity index (χ4v) is 1.83. The molecule has 0 amide bonds. The van der Waals surface area contributed by atoms with E-state index in [2.05, 4.69) is 0 Å². The van der Waals surface area contributed by atoms with Crippen LogP contribution < -0.4 is 0 Å². The monoisotopic (exact) mass is 219 g/mol. The molecule has 2 rings (SSSR count). The number of halogens is 1. The standard InChI is InChI=1S/C12H10ClNO/c1-9-7-10(13)4-5-12(9)14-6-2-3-11(14)8-15/h2-8H,1H3. The predicted octanol–water partition coefficient (Wildman–Crippen LogP) is 3.25. The summed E-state index contributed by atoms with van der Waals surface area (Å²) in [5.74, 6) is 0. The zero-order valence-electron chi connectivity index (χ0n) is 8.27. The number of aldehydes is 1. The second-order valence-corrected chi connectivity index (χ2v) is 3.79. The molecule has 0 saturated carbocycles. The van der Waals surface area contributed by atoms with E-state index in [1.54, 1.807) is 6.07 Å². The van der Waals surface area contributed by atoms with Gasteiger partial charge in [-0.15, -0.1) is 0 Å². The molecule has 2 aromatic rings. The second-order valence-electron chi connectivity index (χ2n) is 3.35. The first-order valence-corrected chi connectivity index (χ1v) is 4.99. The maximum atomic E-state index is 10.8. The van der Waals surface area contributed by atoms with Crippen LogP contribution in [-0.2, 0) is 0 Å². The Morgan fingerprint density at radius 1 is 1.33 bits per heavy atom. The number of aryl methyl sites for hydroxylation is 1. The van der Waals surface area contributed by atoms with Crippen molar-refractivity contribution in [1.82, 2.24) is 4.57 Å². The summed E-state index contributed by atoms with van der Waals surface area (Å²) in [5, 5.41) is 0.705. The molecule has 0 radical (unpaired) electrons. The first-order valence-electron chi connectivity index (χ1n) is 4.61. The number of hydrogen-bond donors (Lipinski definition) is 0. The number of carbonyl (C=O) groups excluding carboxylic acids is 1. The zero-order valence-corrected chi connectivity index (χ0v) is 9.03. The van der Waals surface area contributed by atoms with E-state index in [4.69, 9.17) is 11.6 Å². The Bertz CT molecular complexity index is 502. The average Bonchev–Trinajstić information content (AvgIpc) is 2.65. The van der Waals surface area contributed by atoms with Gasteiger partial charge in [-0.1, -0.05) is 11.6 Å². The zero-order chi connectivity index (χ0) is 10.8. The van der Waals surface area contributed by atoms with Crippen LogP contribution in [0.1, 0.15) is 16.1 Å². The molecule has 15 heavy (non-hydrogen) atoms. The Kier molecular flexibility index (Phi) is 2.60. The molecule has 0 aliphatic carbocycles. The number of carbonyl (C=O) groups is 1. The smallest absolute Gasteiger partial charge is 0.166 e. The molecule has 0 unspecified atom stereocenters. The van der Waals surface area contributed by atoms with Crippen LogP contribution in [0.4, 0.5) is 0 Å². The lowest BCUT2D eigenvalue weighted by Gasteiger charge is -2.09. The van der Waals surface area contributed by atoms with Crippen molar-refractivity contribution in [2.24, 2.45) is 0 Å². The predicted molar refractivity (Wildman–Crippen MR) is 60.9 cm³/mol. The van der Waals surface area contributed by atoms with Gasteiger partial charge in [-0.2, -0.15) is 0 Å². The lowest BCUT2D eigenvalue weighted by Crippen LogP contribution is -1.99. The topological polar surface area (TPSA) is 22.0 Å². The van der Waals surface area contributed by atoms with Crippen molar-refractivity contribution < 1.29 is 4.79 Å². The van der Waals surface area contributed by atoms with Gasteiger partial charge in [0.15, 0.2) is 6.29 Å². The van der Waals surface area contributed by atoms with Crippen LogP contribution in [0.25, 0.3) is 5.69 Å². The fourth-order valence-electron chi connectivity index (χ4n) is 1.60.